The Bertz CT molecular complexity index is 847. The molecule has 144 valence electrons. The van der Waals surface area contributed by atoms with E-state index >= 15 is 0 Å². The Morgan fingerprint density at radius 3 is 2.52 bits per heavy atom. The second-order valence-corrected chi connectivity index (χ2v) is 8.36. The fraction of sp³-hybridized carbons (Fsp3) is 0.500. The molecule has 2 aliphatic rings. The molecule has 0 unspecified atom stereocenters. The Balaban J connectivity index is 1.39. The number of carbonyl (C=O) groups is 2. The third-order valence-electron chi connectivity index (χ3n) is 5.41. The minimum absolute atomic E-state index is 0.0386. The third-order valence-corrected chi connectivity index (χ3v) is 6.50. The molecule has 0 atom stereocenters. The number of hydrogen-bond donors (Lipinski definition) is 0. The van der Waals surface area contributed by atoms with Gasteiger partial charge in [-0.25, -0.2) is 4.39 Å². The number of likely N-dealkylation sites (tertiary alicyclic amines) is 1. The standard InChI is InChI=1S/C20H24FN3O2S/c21-16-5-3-6-17-15(16)13-18(27-17)20(26)24-10-4-7-22(11-12-24)14-19(25)23-8-1-2-9-23/h3,5-6,13H,1-2,4,7-12,14H2. The smallest absolute Gasteiger partial charge is 0.264 e. The normalized spacial score (nSPS) is 18.9. The summed E-state index contributed by atoms with van der Waals surface area (Å²) in [5, 5.41) is 0.513. The second kappa shape index (κ2) is 7.94. The van der Waals surface area contributed by atoms with Gasteiger partial charge in [0.1, 0.15) is 5.82 Å². The summed E-state index contributed by atoms with van der Waals surface area (Å²) >= 11 is 1.34. The van der Waals surface area contributed by atoms with Crippen molar-refractivity contribution in [3.63, 3.8) is 0 Å². The van der Waals surface area contributed by atoms with Crippen LogP contribution in [0.25, 0.3) is 10.1 Å². The molecule has 0 radical (unpaired) electrons. The maximum absolute atomic E-state index is 13.9. The summed E-state index contributed by atoms with van der Waals surface area (Å²) in [5.74, 6) is -0.124. The minimum atomic E-state index is -0.287. The van der Waals surface area contributed by atoms with Gasteiger partial charge in [0.2, 0.25) is 5.91 Å². The number of benzene rings is 1. The van der Waals surface area contributed by atoms with Crippen molar-refractivity contribution in [3.05, 3.63) is 35.0 Å². The third kappa shape index (κ3) is 3.99. The van der Waals surface area contributed by atoms with Gasteiger partial charge in [-0.3, -0.25) is 14.5 Å². The number of rotatable bonds is 3. The first-order valence-electron chi connectivity index (χ1n) is 9.59. The van der Waals surface area contributed by atoms with Gasteiger partial charge in [-0.1, -0.05) is 6.07 Å². The fourth-order valence-corrected chi connectivity index (χ4v) is 4.92. The Labute approximate surface area is 162 Å². The van der Waals surface area contributed by atoms with Crippen molar-refractivity contribution in [3.8, 4) is 0 Å². The lowest BCUT2D eigenvalue weighted by Crippen LogP contribution is -2.41. The van der Waals surface area contributed by atoms with Crippen molar-refractivity contribution in [1.82, 2.24) is 14.7 Å². The molecule has 5 nitrogen and oxygen atoms in total. The van der Waals surface area contributed by atoms with E-state index in [9.17, 15) is 14.0 Å². The maximum Gasteiger partial charge on any atom is 0.264 e. The zero-order chi connectivity index (χ0) is 18.8. The molecule has 0 saturated carbocycles. The molecule has 1 aromatic carbocycles. The summed E-state index contributed by atoms with van der Waals surface area (Å²) in [6, 6.07) is 6.60. The van der Waals surface area contributed by atoms with Crippen LogP contribution in [0, 0.1) is 5.82 Å². The molecule has 2 amide bonds. The van der Waals surface area contributed by atoms with Gasteiger partial charge < -0.3 is 9.80 Å². The summed E-state index contributed by atoms with van der Waals surface area (Å²) in [6.45, 7) is 4.98. The minimum Gasteiger partial charge on any atom is -0.342 e. The van der Waals surface area contributed by atoms with Crippen LogP contribution in [-0.4, -0.2) is 72.3 Å². The van der Waals surface area contributed by atoms with E-state index in [-0.39, 0.29) is 17.6 Å². The maximum atomic E-state index is 13.9. The van der Waals surface area contributed by atoms with Gasteiger partial charge in [0.05, 0.1) is 11.4 Å². The van der Waals surface area contributed by atoms with Crippen molar-refractivity contribution in [2.24, 2.45) is 0 Å². The van der Waals surface area contributed by atoms with Gasteiger partial charge in [-0.2, -0.15) is 0 Å². The van der Waals surface area contributed by atoms with Gasteiger partial charge in [0.15, 0.2) is 0 Å². The van der Waals surface area contributed by atoms with E-state index in [2.05, 4.69) is 4.90 Å². The molecule has 2 fully saturated rings. The van der Waals surface area contributed by atoms with E-state index in [0.717, 1.165) is 43.6 Å². The van der Waals surface area contributed by atoms with Gasteiger partial charge in [-0.15, -0.1) is 11.3 Å². The van der Waals surface area contributed by atoms with Crippen LogP contribution in [0.1, 0.15) is 28.9 Å². The molecule has 2 saturated heterocycles. The van der Waals surface area contributed by atoms with Gasteiger partial charge in [-0.05, 0) is 37.5 Å². The highest BCUT2D eigenvalue weighted by Gasteiger charge is 2.25. The summed E-state index contributed by atoms with van der Waals surface area (Å²) < 4.78 is 14.7. The topological polar surface area (TPSA) is 43.9 Å². The molecule has 7 heteroatoms. The molecule has 1 aromatic heterocycles. The molecule has 0 spiro atoms. The van der Waals surface area contributed by atoms with E-state index in [1.165, 1.54) is 17.4 Å². The van der Waals surface area contributed by atoms with Crippen LogP contribution in [0.3, 0.4) is 0 Å². The first kappa shape index (κ1) is 18.4. The zero-order valence-electron chi connectivity index (χ0n) is 15.3. The predicted molar refractivity (Wildman–Crippen MR) is 105 cm³/mol. The summed E-state index contributed by atoms with van der Waals surface area (Å²) in [7, 11) is 0. The molecule has 2 aliphatic heterocycles. The van der Waals surface area contributed by atoms with E-state index in [0.29, 0.717) is 36.4 Å². The lowest BCUT2D eigenvalue weighted by Gasteiger charge is -2.23. The van der Waals surface area contributed by atoms with Crippen molar-refractivity contribution >= 4 is 33.2 Å². The Hall–Kier alpha value is -1.99. The predicted octanol–water partition coefficient (Wildman–Crippen LogP) is 2.81. The zero-order valence-corrected chi connectivity index (χ0v) is 16.1. The largest absolute Gasteiger partial charge is 0.342 e. The lowest BCUT2D eigenvalue weighted by molar-refractivity contribution is -0.131. The number of carbonyl (C=O) groups excluding carboxylic acids is 2. The van der Waals surface area contributed by atoms with Crippen LogP contribution in [-0.2, 0) is 4.79 Å². The number of fused-ring (bicyclic) bond motifs is 1. The van der Waals surface area contributed by atoms with E-state index in [1.54, 1.807) is 12.1 Å². The SMILES string of the molecule is O=C(CN1CCCN(C(=O)c2cc3c(F)cccc3s2)CC1)N1CCCC1. The molecular weight excluding hydrogens is 365 g/mol. The van der Waals surface area contributed by atoms with E-state index < -0.39 is 0 Å². The number of thiophene rings is 1. The Kier molecular flexibility index (Phi) is 5.41. The van der Waals surface area contributed by atoms with Crippen LogP contribution in [0.5, 0.6) is 0 Å². The van der Waals surface area contributed by atoms with E-state index in [4.69, 9.17) is 0 Å². The average molecular weight is 389 g/mol. The van der Waals surface area contributed by atoms with Gasteiger partial charge in [0, 0.05) is 49.4 Å². The molecular formula is C20H24FN3O2S. The van der Waals surface area contributed by atoms with Crippen LogP contribution in [0.4, 0.5) is 4.39 Å². The number of amides is 2. The monoisotopic (exact) mass is 389 g/mol. The van der Waals surface area contributed by atoms with Crippen molar-refractivity contribution in [2.45, 2.75) is 19.3 Å². The van der Waals surface area contributed by atoms with Crippen LogP contribution in [0.2, 0.25) is 0 Å². The molecule has 0 N–H and O–H groups in total. The Morgan fingerprint density at radius 1 is 0.963 bits per heavy atom. The lowest BCUT2D eigenvalue weighted by atomic mass is 10.2. The summed E-state index contributed by atoms with van der Waals surface area (Å²) in [6.07, 6.45) is 3.05. The van der Waals surface area contributed by atoms with E-state index in [1.807, 2.05) is 15.9 Å². The fourth-order valence-electron chi connectivity index (χ4n) is 3.88. The van der Waals surface area contributed by atoms with Crippen molar-refractivity contribution in [2.75, 3.05) is 45.8 Å². The molecule has 27 heavy (non-hydrogen) atoms. The van der Waals surface area contributed by atoms with Crippen LogP contribution < -0.4 is 0 Å². The highest BCUT2D eigenvalue weighted by Crippen LogP contribution is 2.28. The highest BCUT2D eigenvalue weighted by molar-refractivity contribution is 7.20. The second-order valence-electron chi connectivity index (χ2n) is 7.27. The molecule has 4 rings (SSSR count). The first-order chi connectivity index (χ1) is 13.1. The highest BCUT2D eigenvalue weighted by atomic mass is 32.1. The molecule has 3 heterocycles. The molecule has 0 aliphatic carbocycles. The summed E-state index contributed by atoms with van der Waals surface area (Å²) in [4.78, 5) is 31.8. The van der Waals surface area contributed by atoms with Crippen molar-refractivity contribution < 1.29 is 14.0 Å². The number of hydrogen-bond acceptors (Lipinski definition) is 4. The number of nitrogens with zero attached hydrogens (tertiary/aromatic N) is 3. The van der Waals surface area contributed by atoms with Crippen LogP contribution >= 0.6 is 11.3 Å². The Morgan fingerprint density at radius 2 is 1.74 bits per heavy atom. The van der Waals surface area contributed by atoms with Crippen molar-refractivity contribution in [1.29, 1.82) is 0 Å². The molecule has 0 bridgehead atoms. The summed E-state index contributed by atoms with van der Waals surface area (Å²) in [5.41, 5.74) is 0. The van der Waals surface area contributed by atoms with Gasteiger partial charge in [0.25, 0.3) is 5.91 Å². The van der Waals surface area contributed by atoms with Gasteiger partial charge >= 0.3 is 0 Å². The quantitative estimate of drug-likeness (QED) is 0.811. The van der Waals surface area contributed by atoms with Crippen LogP contribution in [0.15, 0.2) is 24.3 Å². The number of halogens is 1. The average Bonchev–Trinajstić information content (AvgIpc) is 3.29. The molecule has 2 aromatic rings. The first-order valence-corrected chi connectivity index (χ1v) is 10.4.